The van der Waals surface area contributed by atoms with Gasteiger partial charge >= 0.3 is 0 Å². The zero-order valence-corrected chi connectivity index (χ0v) is 13.0. The maximum absolute atomic E-state index is 11.8. The molecule has 0 amide bonds. The molecule has 114 valence electrons. The van der Waals surface area contributed by atoms with Crippen LogP contribution in [0.5, 0.6) is 0 Å². The molecule has 0 radical (unpaired) electrons. The summed E-state index contributed by atoms with van der Waals surface area (Å²) >= 11 is 0. The lowest BCUT2D eigenvalue weighted by atomic mass is 10.2. The minimum atomic E-state index is -3.59. The van der Waals surface area contributed by atoms with Crippen LogP contribution in [-0.4, -0.2) is 47.5 Å². The maximum Gasteiger partial charge on any atom is 0.215 e. The Bertz CT molecular complexity index is 654. The predicted octanol–water partition coefficient (Wildman–Crippen LogP) is -0.420. The van der Waals surface area contributed by atoms with Gasteiger partial charge in [0.1, 0.15) is 0 Å². The van der Waals surface area contributed by atoms with Gasteiger partial charge in [0.15, 0.2) is 0 Å². The van der Waals surface area contributed by atoms with E-state index in [-0.39, 0.29) is 18.1 Å². The first-order valence-corrected chi connectivity index (χ1v) is 9.10. The Balaban J connectivity index is 2.59. The van der Waals surface area contributed by atoms with Gasteiger partial charge in [-0.15, -0.1) is 0 Å². The fourth-order valence-corrected chi connectivity index (χ4v) is 3.45. The number of anilines is 1. The van der Waals surface area contributed by atoms with Crippen LogP contribution in [0, 0.1) is 0 Å². The van der Waals surface area contributed by atoms with Crippen molar-refractivity contribution in [1.82, 2.24) is 9.03 Å². The summed E-state index contributed by atoms with van der Waals surface area (Å²) in [5.74, 6) is -0.518. The number of nitrogens with zero attached hydrogens (tertiary/aromatic N) is 1. The van der Waals surface area contributed by atoms with Crippen molar-refractivity contribution in [2.75, 3.05) is 32.1 Å². The third-order valence-corrected chi connectivity index (χ3v) is 5.74. The van der Waals surface area contributed by atoms with E-state index in [0.29, 0.717) is 11.3 Å². The van der Waals surface area contributed by atoms with Crippen molar-refractivity contribution < 1.29 is 16.8 Å². The molecular weight excluding hydrogens is 302 g/mol. The number of rotatable bonds is 7. The van der Waals surface area contributed by atoms with E-state index in [2.05, 4.69) is 4.72 Å². The summed E-state index contributed by atoms with van der Waals surface area (Å²) < 4.78 is 49.9. The van der Waals surface area contributed by atoms with Crippen molar-refractivity contribution in [3.05, 3.63) is 29.8 Å². The van der Waals surface area contributed by atoms with Crippen LogP contribution < -0.4 is 10.5 Å². The van der Waals surface area contributed by atoms with Gasteiger partial charge in [-0.1, -0.05) is 12.1 Å². The molecule has 7 nitrogen and oxygen atoms in total. The smallest absolute Gasteiger partial charge is 0.215 e. The van der Waals surface area contributed by atoms with Gasteiger partial charge in [0, 0.05) is 26.3 Å². The predicted molar refractivity (Wildman–Crippen MR) is 79.0 cm³/mol. The van der Waals surface area contributed by atoms with Crippen LogP contribution in [0.25, 0.3) is 0 Å². The molecular formula is C11H19N3O4S2. The highest BCUT2D eigenvalue weighted by molar-refractivity contribution is 7.89. The summed E-state index contributed by atoms with van der Waals surface area (Å²) in [6.07, 6.45) is 0. The van der Waals surface area contributed by atoms with Gasteiger partial charge < -0.3 is 5.73 Å². The monoisotopic (exact) mass is 321 g/mol. The number of nitrogens with two attached hydrogens (primary N) is 1. The number of hydrogen-bond donors (Lipinski definition) is 2. The van der Waals surface area contributed by atoms with E-state index in [0.717, 1.165) is 4.31 Å². The number of benzene rings is 1. The Morgan fingerprint density at radius 3 is 2.40 bits per heavy atom. The van der Waals surface area contributed by atoms with Gasteiger partial charge in [0.25, 0.3) is 0 Å². The van der Waals surface area contributed by atoms with Gasteiger partial charge in [0.2, 0.25) is 20.0 Å². The third kappa shape index (κ3) is 5.45. The van der Waals surface area contributed by atoms with E-state index in [1.165, 1.54) is 14.1 Å². The molecule has 0 spiro atoms. The fourth-order valence-electron chi connectivity index (χ4n) is 1.46. The molecule has 0 aliphatic heterocycles. The van der Waals surface area contributed by atoms with E-state index < -0.39 is 20.0 Å². The van der Waals surface area contributed by atoms with Gasteiger partial charge in [0.05, 0.1) is 11.5 Å². The average Bonchev–Trinajstić information content (AvgIpc) is 2.27. The number of nitrogen functional groups attached to an aromatic ring is 1. The lowest BCUT2D eigenvalue weighted by Gasteiger charge is -2.12. The summed E-state index contributed by atoms with van der Waals surface area (Å²) in [7, 11) is -4.20. The highest BCUT2D eigenvalue weighted by Crippen LogP contribution is 2.09. The van der Waals surface area contributed by atoms with Crippen molar-refractivity contribution >= 4 is 25.7 Å². The average molecular weight is 321 g/mol. The molecule has 0 saturated carbocycles. The molecule has 0 unspecified atom stereocenters. The quantitative estimate of drug-likeness (QED) is 0.663. The van der Waals surface area contributed by atoms with Gasteiger partial charge in [-0.05, 0) is 17.7 Å². The third-order valence-electron chi connectivity index (χ3n) is 2.55. The van der Waals surface area contributed by atoms with Crippen LogP contribution >= 0.6 is 0 Å². The zero-order chi connectivity index (χ0) is 15.4. The van der Waals surface area contributed by atoms with E-state index >= 15 is 0 Å². The van der Waals surface area contributed by atoms with Crippen molar-refractivity contribution in [2.24, 2.45) is 0 Å². The SMILES string of the molecule is CN(C)S(=O)(=O)CCNS(=O)(=O)Cc1cccc(N)c1. The molecule has 0 bridgehead atoms. The summed E-state index contributed by atoms with van der Waals surface area (Å²) in [6, 6.07) is 6.53. The van der Waals surface area contributed by atoms with Crippen molar-refractivity contribution in [3.8, 4) is 0 Å². The molecule has 0 aromatic heterocycles. The van der Waals surface area contributed by atoms with Crippen molar-refractivity contribution in [2.45, 2.75) is 5.75 Å². The second kappa shape index (κ2) is 6.53. The summed E-state index contributed by atoms with van der Waals surface area (Å²) in [6.45, 7) is -0.162. The second-order valence-corrected chi connectivity index (χ2v) is 8.61. The summed E-state index contributed by atoms with van der Waals surface area (Å²) in [5, 5.41) is 0. The minimum Gasteiger partial charge on any atom is -0.399 e. The first-order chi connectivity index (χ1) is 9.12. The first-order valence-electron chi connectivity index (χ1n) is 5.84. The van der Waals surface area contributed by atoms with Gasteiger partial charge in [-0.25, -0.2) is 25.9 Å². The molecule has 0 atom stereocenters. The second-order valence-electron chi connectivity index (χ2n) is 4.50. The van der Waals surface area contributed by atoms with Crippen LogP contribution in [0.2, 0.25) is 0 Å². The number of hydrogen-bond acceptors (Lipinski definition) is 5. The van der Waals surface area contributed by atoms with E-state index in [1.807, 2.05) is 0 Å². The number of sulfonamides is 2. The topological polar surface area (TPSA) is 110 Å². The largest absolute Gasteiger partial charge is 0.399 e. The van der Waals surface area contributed by atoms with Crippen molar-refractivity contribution in [1.29, 1.82) is 0 Å². The summed E-state index contributed by atoms with van der Waals surface area (Å²) in [4.78, 5) is 0. The van der Waals surface area contributed by atoms with Crippen LogP contribution in [-0.2, 0) is 25.8 Å². The Kier molecular flexibility index (Phi) is 5.51. The Hall–Kier alpha value is -1.16. The first kappa shape index (κ1) is 16.9. The molecule has 3 N–H and O–H groups in total. The normalized spacial score (nSPS) is 12.8. The van der Waals surface area contributed by atoms with Gasteiger partial charge in [-0.2, -0.15) is 0 Å². The molecule has 0 fully saturated rings. The summed E-state index contributed by atoms with van der Waals surface area (Å²) in [5.41, 5.74) is 6.60. The Morgan fingerprint density at radius 1 is 1.20 bits per heavy atom. The molecule has 9 heteroatoms. The molecule has 0 saturated heterocycles. The van der Waals surface area contributed by atoms with Crippen LogP contribution in [0.4, 0.5) is 5.69 Å². The van der Waals surface area contributed by atoms with Crippen LogP contribution in [0.3, 0.4) is 0 Å². The zero-order valence-electron chi connectivity index (χ0n) is 11.4. The van der Waals surface area contributed by atoms with Crippen LogP contribution in [0.1, 0.15) is 5.56 Å². The maximum atomic E-state index is 11.8. The highest BCUT2D eigenvalue weighted by Gasteiger charge is 2.16. The molecule has 1 aromatic rings. The minimum absolute atomic E-state index is 0.162. The Labute approximate surface area is 119 Å². The van der Waals surface area contributed by atoms with Crippen LogP contribution in [0.15, 0.2) is 24.3 Å². The molecule has 0 heterocycles. The van der Waals surface area contributed by atoms with E-state index in [4.69, 9.17) is 5.73 Å². The van der Waals surface area contributed by atoms with E-state index in [1.54, 1.807) is 24.3 Å². The van der Waals surface area contributed by atoms with E-state index in [9.17, 15) is 16.8 Å². The fraction of sp³-hybridized carbons (Fsp3) is 0.455. The van der Waals surface area contributed by atoms with Crippen molar-refractivity contribution in [3.63, 3.8) is 0 Å². The van der Waals surface area contributed by atoms with Gasteiger partial charge in [-0.3, -0.25) is 0 Å². The molecule has 1 aromatic carbocycles. The highest BCUT2D eigenvalue weighted by atomic mass is 32.2. The molecule has 20 heavy (non-hydrogen) atoms. The standard InChI is InChI=1S/C11H19N3O4S2/c1-14(2)20(17,18)7-6-13-19(15,16)9-10-4-3-5-11(12)8-10/h3-5,8,13H,6-7,9,12H2,1-2H3. The molecule has 1 rings (SSSR count). The Morgan fingerprint density at radius 2 is 1.85 bits per heavy atom. The molecule has 0 aliphatic carbocycles. The number of nitrogens with one attached hydrogen (secondary N) is 1. The lowest BCUT2D eigenvalue weighted by Crippen LogP contribution is -2.34. The molecule has 0 aliphatic rings. The lowest BCUT2D eigenvalue weighted by molar-refractivity contribution is 0.519.